The average Bonchev–Trinajstić information content (AvgIpc) is 2.41. The van der Waals surface area contributed by atoms with E-state index in [4.69, 9.17) is 23.2 Å². The van der Waals surface area contributed by atoms with Crippen molar-refractivity contribution >= 4 is 35.0 Å². The van der Waals surface area contributed by atoms with Gasteiger partial charge in [-0.15, -0.1) is 0 Å². The van der Waals surface area contributed by atoms with Crippen molar-refractivity contribution < 1.29 is 14.7 Å². The molecule has 0 heterocycles. The van der Waals surface area contributed by atoms with E-state index in [2.05, 4.69) is 10.6 Å². The molecule has 0 bridgehead atoms. The Kier molecular flexibility index (Phi) is 7.50. The van der Waals surface area contributed by atoms with Gasteiger partial charge in [-0.2, -0.15) is 0 Å². The number of benzene rings is 1. The van der Waals surface area contributed by atoms with E-state index in [1.807, 2.05) is 6.92 Å². The van der Waals surface area contributed by atoms with Crippen molar-refractivity contribution in [3.8, 4) is 0 Å². The summed E-state index contributed by atoms with van der Waals surface area (Å²) in [5.41, 5.74) is 0.516. The zero-order valence-electron chi connectivity index (χ0n) is 11.7. The lowest BCUT2D eigenvalue weighted by Gasteiger charge is -2.13. The van der Waals surface area contributed by atoms with Gasteiger partial charge in [0.1, 0.15) is 0 Å². The molecule has 3 N–H and O–H groups in total. The van der Waals surface area contributed by atoms with Crippen LogP contribution in [0.15, 0.2) is 18.2 Å². The van der Waals surface area contributed by atoms with Crippen molar-refractivity contribution in [3.63, 3.8) is 0 Å². The van der Waals surface area contributed by atoms with Crippen molar-refractivity contribution in [2.75, 3.05) is 13.1 Å². The second-order valence-corrected chi connectivity index (χ2v) is 5.42. The van der Waals surface area contributed by atoms with Gasteiger partial charge in [-0.25, -0.2) is 0 Å². The number of halogens is 2. The molecule has 0 aliphatic heterocycles. The van der Waals surface area contributed by atoms with E-state index in [1.165, 1.54) is 0 Å². The summed E-state index contributed by atoms with van der Waals surface area (Å²) in [4.78, 5) is 22.7. The van der Waals surface area contributed by atoms with Crippen molar-refractivity contribution in [2.45, 2.75) is 25.9 Å². The van der Waals surface area contributed by atoms with Crippen molar-refractivity contribution in [2.24, 2.45) is 0 Å². The van der Waals surface area contributed by atoms with Gasteiger partial charge >= 0.3 is 0 Å². The minimum atomic E-state index is -0.920. The lowest BCUT2D eigenvalue weighted by Crippen LogP contribution is -2.38. The fourth-order valence-corrected chi connectivity index (χ4v) is 2.20. The SMILES string of the molecule is CCCC(=O)NCC(=O)NC[C@H](O)c1cc(Cl)cc(Cl)c1. The number of aliphatic hydroxyl groups is 1. The molecule has 1 rings (SSSR count). The summed E-state index contributed by atoms with van der Waals surface area (Å²) in [5, 5.41) is 15.8. The zero-order valence-corrected chi connectivity index (χ0v) is 13.2. The molecular formula is C14H18Cl2N2O3. The molecule has 0 saturated carbocycles. The summed E-state index contributed by atoms with van der Waals surface area (Å²) in [7, 11) is 0. The second-order valence-electron chi connectivity index (χ2n) is 4.55. The molecule has 1 atom stereocenters. The van der Waals surface area contributed by atoms with Crippen LogP contribution >= 0.6 is 23.2 Å². The first-order chi connectivity index (χ1) is 9.92. The van der Waals surface area contributed by atoms with Gasteiger partial charge in [-0.05, 0) is 30.2 Å². The van der Waals surface area contributed by atoms with Crippen LogP contribution in [0, 0.1) is 0 Å². The smallest absolute Gasteiger partial charge is 0.239 e. The fraction of sp³-hybridized carbons (Fsp3) is 0.429. The highest BCUT2D eigenvalue weighted by Crippen LogP contribution is 2.23. The molecule has 0 saturated heterocycles. The molecule has 1 aromatic carbocycles. The minimum Gasteiger partial charge on any atom is -0.387 e. The first kappa shape index (κ1) is 17.8. The molecule has 0 spiro atoms. The predicted octanol–water partition coefficient (Wildman–Crippen LogP) is 2.06. The van der Waals surface area contributed by atoms with Crippen LogP contribution in [0.2, 0.25) is 10.0 Å². The molecule has 2 amide bonds. The number of hydrogen-bond donors (Lipinski definition) is 3. The van der Waals surface area contributed by atoms with Crippen LogP contribution in [0.25, 0.3) is 0 Å². The van der Waals surface area contributed by atoms with Crippen LogP contribution < -0.4 is 10.6 Å². The minimum absolute atomic E-state index is 0.0130. The van der Waals surface area contributed by atoms with Gasteiger partial charge in [-0.1, -0.05) is 30.1 Å². The molecule has 1 aromatic rings. The number of nitrogens with one attached hydrogen (secondary N) is 2. The third kappa shape index (κ3) is 6.80. The Labute approximate surface area is 133 Å². The zero-order chi connectivity index (χ0) is 15.8. The molecule has 0 unspecified atom stereocenters. The second kappa shape index (κ2) is 8.87. The van der Waals surface area contributed by atoms with E-state index in [9.17, 15) is 14.7 Å². The third-order valence-electron chi connectivity index (χ3n) is 2.69. The number of hydrogen-bond acceptors (Lipinski definition) is 3. The van der Waals surface area contributed by atoms with E-state index >= 15 is 0 Å². The average molecular weight is 333 g/mol. The summed E-state index contributed by atoms with van der Waals surface area (Å²) < 4.78 is 0. The van der Waals surface area contributed by atoms with Crippen LogP contribution in [-0.2, 0) is 9.59 Å². The first-order valence-corrected chi connectivity index (χ1v) is 7.35. The number of aliphatic hydroxyl groups excluding tert-OH is 1. The van der Waals surface area contributed by atoms with Gasteiger partial charge in [0.25, 0.3) is 0 Å². The monoisotopic (exact) mass is 332 g/mol. The van der Waals surface area contributed by atoms with Gasteiger partial charge in [-0.3, -0.25) is 9.59 Å². The lowest BCUT2D eigenvalue weighted by molar-refractivity contribution is -0.126. The number of carbonyl (C=O) groups excluding carboxylic acids is 2. The largest absolute Gasteiger partial charge is 0.387 e. The van der Waals surface area contributed by atoms with Crippen molar-refractivity contribution in [1.29, 1.82) is 0 Å². The van der Waals surface area contributed by atoms with Crippen LogP contribution in [0.1, 0.15) is 31.4 Å². The molecule has 21 heavy (non-hydrogen) atoms. The highest BCUT2D eigenvalue weighted by molar-refractivity contribution is 6.34. The molecule has 0 fully saturated rings. The van der Waals surface area contributed by atoms with Gasteiger partial charge < -0.3 is 15.7 Å². The first-order valence-electron chi connectivity index (χ1n) is 6.59. The maximum Gasteiger partial charge on any atom is 0.239 e. The topological polar surface area (TPSA) is 78.4 Å². The highest BCUT2D eigenvalue weighted by atomic mass is 35.5. The Morgan fingerprint density at radius 1 is 1.14 bits per heavy atom. The van der Waals surface area contributed by atoms with Crippen molar-refractivity contribution in [1.82, 2.24) is 10.6 Å². The van der Waals surface area contributed by atoms with Crippen LogP contribution in [0.3, 0.4) is 0 Å². The maximum absolute atomic E-state index is 11.5. The number of amides is 2. The summed E-state index contributed by atoms with van der Waals surface area (Å²) in [6.07, 6.45) is 0.190. The van der Waals surface area contributed by atoms with Crippen LogP contribution in [0.4, 0.5) is 0 Å². The fourth-order valence-electron chi connectivity index (χ4n) is 1.65. The Morgan fingerprint density at radius 2 is 1.76 bits per heavy atom. The summed E-state index contributed by atoms with van der Waals surface area (Å²) >= 11 is 11.7. The quantitative estimate of drug-likeness (QED) is 0.715. The maximum atomic E-state index is 11.5. The van der Waals surface area contributed by atoms with E-state index in [0.29, 0.717) is 22.0 Å². The van der Waals surface area contributed by atoms with Gasteiger partial charge in [0.05, 0.1) is 12.6 Å². The Morgan fingerprint density at radius 3 is 2.33 bits per heavy atom. The Bertz CT molecular complexity index is 489. The molecule has 0 aromatic heterocycles. The normalized spacial score (nSPS) is 11.8. The van der Waals surface area contributed by atoms with Crippen molar-refractivity contribution in [3.05, 3.63) is 33.8 Å². The predicted molar refractivity (Wildman–Crippen MR) is 82.3 cm³/mol. The van der Waals surface area contributed by atoms with Crippen LogP contribution in [0.5, 0.6) is 0 Å². The van der Waals surface area contributed by atoms with E-state index in [-0.39, 0.29) is 24.9 Å². The van der Waals surface area contributed by atoms with E-state index in [1.54, 1.807) is 18.2 Å². The van der Waals surface area contributed by atoms with Gasteiger partial charge in [0, 0.05) is 23.0 Å². The number of rotatable bonds is 7. The Hall–Kier alpha value is -1.30. The van der Waals surface area contributed by atoms with Crippen LogP contribution in [-0.4, -0.2) is 30.0 Å². The van der Waals surface area contributed by atoms with Gasteiger partial charge in [0.2, 0.25) is 11.8 Å². The van der Waals surface area contributed by atoms with E-state index < -0.39 is 6.10 Å². The summed E-state index contributed by atoms with van der Waals surface area (Å²) in [6.45, 7) is 1.78. The summed E-state index contributed by atoms with van der Waals surface area (Å²) in [6, 6.07) is 4.71. The molecular weight excluding hydrogens is 315 g/mol. The van der Waals surface area contributed by atoms with Gasteiger partial charge in [0.15, 0.2) is 0 Å². The van der Waals surface area contributed by atoms with E-state index in [0.717, 1.165) is 6.42 Å². The summed E-state index contributed by atoms with van der Waals surface area (Å²) in [5.74, 6) is -0.540. The third-order valence-corrected chi connectivity index (χ3v) is 3.12. The standard InChI is InChI=1S/C14H18Cl2N2O3/c1-2-3-13(20)18-8-14(21)17-7-12(19)9-4-10(15)6-11(16)5-9/h4-6,12,19H,2-3,7-8H2,1H3,(H,17,21)(H,18,20)/t12-/m0/s1. The molecule has 5 nitrogen and oxygen atoms in total. The lowest BCUT2D eigenvalue weighted by atomic mass is 10.1. The Balaban J connectivity index is 2.40. The highest BCUT2D eigenvalue weighted by Gasteiger charge is 2.11. The molecule has 116 valence electrons. The number of carbonyl (C=O) groups is 2. The molecule has 7 heteroatoms. The molecule has 0 aliphatic rings. The molecule has 0 aliphatic carbocycles. The molecule has 0 radical (unpaired) electrons.